The van der Waals surface area contributed by atoms with E-state index in [2.05, 4.69) is 20.6 Å². The molecule has 30 heavy (non-hydrogen) atoms. The Kier molecular flexibility index (Phi) is 4.61. The van der Waals surface area contributed by atoms with Crippen molar-refractivity contribution < 1.29 is 19.1 Å². The number of nitrogens with one attached hydrogen (secondary N) is 1. The van der Waals surface area contributed by atoms with Gasteiger partial charge < -0.3 is 5.11 Å². The molecule has 2 atom stereocenters. The molecule has 0 fully saturated rings. The summed E-state index contributed by atoms with van der Waals surface area (Å²) < 4.78 is 15.8. The average molecular weight is 407 g/mol. The molecule has 152 valence electrons. The van der Waals surface area contributed by atoms with Crippen molar-refractivity contribution in [1.29, 1.82) is 0 Å². The predicted molar refractivity (Wildman–Crippen MR) is 106 cm³/mol. The van der Waals surface area contributed by atoms with Crippen molar-refractivity contribution in [3.8, 4) is 0 Å². The van der Waals surface area contributed by atoms with Crippen LogP contribution >= 0.6 is 0 Å². The van der Waals surface area contributed by atoms with E-state index in [-0.39, 0.29) is 31.0 Å². The number of nitrogens with zero attached hydrogens (tertiary/aromatic N) is 4. The normalized spacial score (nSPS) is 20.2. The molecule has 1 aromatic heterocycles. The third kappa shape index (κ3) is 2.99. The quantitative estimate of drug-likeness (QED) is 0.688. The lowest BCUT2D eigenvalue weighted by Gasteiger charge is -2.27. The van der Waals surface area contributed by atoms with E-state index < -0.39 is 17.8 Å². The fourth-order valence-electron chi connectivity index (χ4n) is 4.04. The van der Waals surface area contributed by atoms with Crippen molar-refractivity contribution in [2.45, 2.75) is 18.6 Å². The number of anilines is 1. The Morgan fingerprint density at radius 1 is 1.27 bits per heavy atom. The minimum atomic E-state index is -0.580. The maximum atomic E-state index is 14.2. The second-order valence-electron chi connectivity index (χ2n) is 7.09. The largest absolute Gasteiger partial charge is 0.394 e. The predicted octanol–water partition coefficient (Wildman–Crippen LogP) is 2.28. The summed E-state index contributed by atoms with van der Waals surface area (Å²) in [6.07, 6.45) is 0.829. The molecule has 0 spiro atoms. The van der Waals surface area contributed by atoms with E-state index in [9.17, 15) is 14.3 Å². The van der Waals surface area contributed by atoms with E-state index in [1.54, 1.807) is 4.68 Å². The highest BCUT2D eigenvalue weighted by Gasteiger charge is 2.41. The summed E-state index contributed by atoms with van der Waals surface area (Å²) in [4.78, 5) is 27.5. The number of ketones is 1. The molecule has 0 saturated heterocycles. The van der Waals surface area contributed by atoms with Gasteiger partial charge in [0.2, 0.25) is 0 Å². The molecular formula is C21H18FN5O3. The molecule has 2 aromatic carbocycles. The highest BCUT2D eigenvalue weighted by atomic mass is 19.1. The molecule has 2 aliphatic heterocycles. The van der Waals surface area contributed by atoms with E-state index in [0.29, 0.717) is 22.8 Å². The van der Waals surface area contributed by atoms with Gasteiger partial charge in [-0.25, -0.2) is 14.1 Å². The molecule has 0 aliphatic carbocycles. The number of aromatic nitrogens is 3. The standard InChI is InChI=1S/C21H18FN5O3/c22-13-8-14-16(29)10-23-19-17(14)15(9-13)26-30-20(12-4-2-1-3-5-12)18(19)21-24-11-25-27(21)6-7-28/h1-5,8-9,11,18,20,26,28H,6-7,10H2. The molecule has 8 nitrogen and oxygen atoms in total. The Hall–Kier alpha value is -3.43. The molecule has 0 radical (unpaired) electrons. The van der Waals surface area contributed by atoms with Crippen molar-refractivity contribution >= 4 is 17.2 Å². The van der Waals surface area contributed by atoms with Gasteiger partial charge >= 0.3 is 0 Å². The van der Waals surface area contributed by atoms with Gasteiger partial charge in [-0.2, -0.15) is 5.10 Å². The lowest BCUT2D eigenvalue weighted by atomic mass is 9.83. The van der Waals surface area contributed by atoms with E-state index in [1.165, 1.54) is 18.5 Å². The molecule has 0 saturated carbocycles. The summed E-state index contributed by atoms with van der Waals surface area (Å²) in [6, 6.07) is 12.0. The van der Waals surface area contributed by atoms with Crippen LogP contribution in [-0.4, -0.2) is 44.5 Å². The van der Waals surface area contributed by atoms with Gasteiger partial charge in [0.25, 0.3) is 0 Å². The first-order valence-electron chi connectivity index (χ1n) is 9.54. The number of benzene rings is 2. The van der Waals surface area contributed by atoms with Crippen LogP contribution in [0.2, 0.25) is 0 Å². The second kappa shape index (κ2) is 7.43. The van der Waals surface area contributed by atoms with Crippen LogP contribution in [0.1, 0.15) is 39.3 Å². The first-order chi connectivity index (χ1) is 14.7. The zero-order chi connectivity index (χ0) is 20.7. The summed E-state index contributed by atoms with van der Waals surface area (Å²) >= 11 is 0. The number of rotatable bonds is 4. The van der Waals surface area contributed by atoms with Gasteiger partial charge in [0.1, 0.15) is 30.6 Å². The number of hydrogen-bond acceptors (Lipinski definition) is 7. The molecule has 5 rings (SSSR count). The number of halogens is 1. The maximum Gasteiger partial charge on any atom is 0.185 e. The van der Waals surface area contributed by atoms with Gasteiger partial charge in [-0.15, -0.1) is 0 Å². The highest BCUT2D eigenvalue weighted by Crippen LogP contribution is 2.43. The van der Waals surface area contributed by atoms with Crippen LogP contribution in [0.25, 0.3) is 0 Å². The van der Waals surface area contributed by atoms with Crippen molar-refractivity contribution in [2.75, 3.05) is 18.6 Å². The van der Waals surface area contributed by atoms with Gasteiger partial charge in [0.05, 0.1) is 30.5 Å². The Labute approximate surface area is 171 Å². The van der Waals surface area contributed by atoms with Crippen LogP contribution in [0.3, 0.4) is 0 Å². The van der Waals surface area contributed by atoms with Crippen LogP contribution in [0.15, 0.2) is 53.8 Å². The molecule has 2 aliphatic rings. The van der Waals surface area contributed by atoms with Crippen LogP contribution < -0.4 is 5.48 Å². The third-order valence-corrected chi connectivity index (χ3v) is 5.31. The fourth-order valence-corrected chi connectivity index (χ4v) is 4.04. The van der Waals surface area contributed by atoms with Gasteiger partial charge in [-0.05, 0) is 17.7 Å². The minimum Gasteiger partial charge on any atom is -0.394 e. The van der Waals surface area contributed by atoms with Crippen molar-refractivity contribution in [3.05, 3.63) is 77.1 Å². The van der Waals surface area contributed by atoms with E-state index in [0.717, 1.165) is 5.56 Å². The number of aliphatic hydroxyl groups excluding tert-OH is 1. The van der Waals surface area contributed by atoms with Gasteiger partial charge in [-0.1, -0.05) is 30.3 Å². The van der Waals surface area contributed by atoms with Crippen LogP contribution in [-0.2, 0) is 11.4 Å². The van der Waals surface area contributed by atoms with Crippen molar-refractivity contribution in [2.24, 2.45) is 4.99 Å². The van der Waals surface area contributed by atoms with Gasteiger partial charge in [0, 0.05) is 11.1 Å². The summed E-state index contributed by atoms with van der Waals surface area (Å²) in [5.41, 5.74) is 5.37. The third-order valence-electron chi connectivity index (χ3n) is 5.31. The molecule has 3 heterocycles. The van der Waals surface area contributed by atoms with E-state index >= 15 is 0 Å². The summed E-state index contributed by atoms with van der Waals surface area (Å²) in [7, 11) is 0. The Balaban J connectivity index is 1.75. The van der Waals surface area contributed by atoms with Gasteiger partial charge in [-0.3, -0.25) is 20.1 Å². The lowest BCUT2D eigenvalue weighted by molar-refractivity contribution is 0.0914. The summed E-state index contributed by atoms with van der Waals surface area (Å²) in [5, 5.41) is 13.7. The minimum absolute atomic E-state index is 0.0859. The molecule has 0 bridgehead atoms. The Morgan fingerprint density at radius 3 is 2.90 bits per heavy atom. The Bertz CT molecular complexity index is 1140. The maximum absolute atomic E-state index is 14.2. The fraction of sp³-hybridized carbons (Fsp3) is 0.238. The van der Waals surface area contributed by atoms with Gasteiger partial charge in [0.15, 0.2) is 5.78 Å². The number of aliphatic hydroxyl groups is 1. The number of carbonyl (C=O) groups is 1. The van der Waals surface area contributed by atoms with Crippen molar-refractivity contribution in [1.82, 2.24) is 14.8 Å². The molecular weight excluding hydrogens is 389 g/mol. The van der Waals surface area contributed by atoms with Crippen molar-refractivity contribution in [3.63, 3.8) is 0 Å². The molecule has 2 N–H and O–H groups in total. The van der Waals surface area contributed by atoms with E-state index in [1.807, 2.05) is 30.3 Å². The molecule has 0 amide bonds. The Morgan fingerprint density at radius 2 is 2.10 bits per heavy atom. The van der Waals surface area contributed by atoms with Crippen LogP contribution in [0.5, 0.6) is 0 Å². The first kappa shape index (κ1) is 18.6. The smallest absolute Gasteiger partial charge is 0.185 e. The zero-order valence-corrected chi connectivity index (χ0v) is 15.8. The van der Waals surface area contributed by atoms with Crippen LogP contribution in [0, 0.1) is 5.82 Å². The zero-order valence-electron chi connectivity index (χ0n) is 15.8. The topological polar surface area (TPSA) is 102 Å². The SMILES string of the molecule is O=C1CN=C2c3c(cc(F)cc31)NOC(c1ccccc1)C2c1ncnn1CCO. The molecule has 9 heteroatoms. The number of Topliss-reactive ketones (excluding diaryl/α,β-unsaturated/α-hetero) is 1. The summed E-state index contributed by atoms with van der Waals surface area (Å²) in [5.74, 6) is -0.791. The second-order valence-corrected chi connectivity index (χ2v) is 7.09. The van der Waals surface area contributed by atoms with Crippen LogP contribution in [0.4, 0.5) is 10.1 Å². The number of carbonyl (C=O) groups excluding carboxylic acids is 1. The lowest BCUT2D eigenvalue weighted by Crippen LogP contribution is -2.30. The molecule has 3 aromatic rings. The molecule has 2 unspecified atom stereocenters. The monoisotopic (exact) mass is 407 g/mol. The summed E-state index contributed by atoms with van der Waals surface area (Å²) in [6.45, 7) is 0.0453. The number of aliphatic imine (C=N–C) groups is 1. The average Bonchev–Trinajstić information content (AvgIpc) is 3.14. The highest BCUT2D eigenvalue weighted by molar-refractivity contribution is 6.20. The number of hydrogen-bond donors (Lipinski definition) is 2. The first-order valence-corrected chi connectivity index (χ1v) is 9.54. The van der Waals surface area contributed by atoms with E-state index in [4.69, 9.17) is 4.84 Å².